The van der Waals surface area contributed by atoms with Gasteiger partial charge in [0.15, 0.2) is 0 Å². The molecule has 0 saturated carbocycles. The van der Waals surface area contributed by atoms with Gasteiger partial charge in [-0.15, -0.1) is 0 Å². The van der Waals surface area contributed by atoms with Crippen LogP contribution in [0, 0.1) is 5.92 Å². The Labute approximate surface area is 161 Å². The van der Waals surface area contributed by atoms with Crippen molar-refractivity contribution in [3.63, 3.8) is 0 Å². The van der Waals surface area contributed by atoms with Crippen molar-refractivity contribution in [2.24, 2.45) is 5.92 Å². The van der Waals surface area contributed by atoms with Crippen LogP contribution < -0.4 is 5.32 Å². The minimum Gasteiger partial charge on any atom is -0.355 e. The number of halogens is 1. The van der Waals surface area contributed by atoms with Gasteiger partial charge in [0.05, 0.1) is 11.4 Å². The lowest BCUT2D eigenvalue weighted by atomic mass is 10.0. The van der Waals surface area contributed by atoms with Crippen LogP contribution in [-0.2, 0) is 14.8 Å². The first-order chi connectivity index (χ1) is 12.3. The van der Waals surface area contributed by atoms with Crippen molar-refractivity contribution in [2.45, 2.75) is 31.1 Å². The van der Waals surface area contributed by atoms with Crippen LogP contribution in [-0.4, -0.2) is 63.3 Å². The third-order valence-electron chi connectivity index (χ3n) is 4.60. The summed E-state index contributed by atoms with van der Waals surface area (Å²) in [7, 11) is -2.30. The fraction of sp³-hybridized carbons (Fsp3) is 0.611. The Morgan fingerprint density at radius 2 is 2.04 bits per heavy atom. The van der Waals surface area contributed by atoms with Crippen LogP contribution in [0.4, 0.5) is 0 Å². The van der Waals surface area contributed by atoms with Crippen LogP contribution in [0.5, 0.6) is 0 Å². The molecule has 0 radical (unpaired) electrons. The van der Waals surface area contributed by atoms with Gasteiger partial charge in [-0.05, 0) is 62.5 Å². The number of likely N-dealkylation sites (tertiary alicyclic amines) is 1. The van der Waals surface area contributed by atoms with Crippen LogP contribution >= 0.6 is 11.6 Å². The fourth-order valence-corrected chi connectivity index (χ4v) is 4.40. The number of carbonyl (C=O) groups excluding carboxylic acids is 1. The molecule has 1 heterocycles. The largest absolute Gasteiger partial charge is 0.355 e. The molecule has 1 amide bonds. The smallest absolute Gasteiger partial charge is 0.243 e. The quantitative estimate of drug-likeness (QED) is 0.678. The zero-order valence-corrected chi connectivity index (χ0v) is 17.0. The van der Waals surface area contributed by atoms with E-state index < -0.39 is 10.0 Å². The molecule has 6 nitrogen and oxygen atoms in total. The van der Waals surface area contributed by atoms with E-state index in [0.717, 1.165) is 36.3 Å². The lowest BCUT2D eigenvalue weighted by Crippen LogP contribution is -2.40. The molecular weight excluding hydrogens is 374 g/mol. The minimum atomic E-state index is -3.70. The number of likely N-dealkylation sites (N-methyl/N-ethyl adjacent to an activating group) is 1. The second-order valence-electron chi connectivity index (χ2n) is 6.97. The highest BCUT2D eigenvalue weighted by Gasteiger charge is 2.22. The average molecular weight is 402 g/mol. The second-order valence-corrected chi connectivity index (χ2v) is 9.45. The van der Waals surface area contributed by atoms with E-state index in [2.05, 4.69) is 17.1 Å². The molecule has 0 aromatic heterocycles. The summed E-state index contributed by atoms with van der Waals surface area (Å²) in [6, 6.07) is 5.91. The lowest BCUT2D eigenvalue weighted by molar-refractivity contribution is -0.121. The number of benzene rings is 1. The monoisotopic (exact) mass is 401 g/mol. The Bertz CT molecular complexity index is 694. The lowest BCUT2D eigenvalue weighted by Gasteiger charge is -2.30. The summed E-state index contributed by atoms with van der Waals surface area (Å²) in [5.74, 6) is 0.446. The first kappa shape index (κ1) is 21.2. The minimum absolute atomic E-state index is 0.122. The standard InChI is InChI=1S/C18H28ClN3O3S/c1-15-5-3-11-22(13-15)12-4-10-20-18(23)14-21(2)26(24,25)17-8-6-16(19)7-9-17/h6-9,15H,3-5,10-14H2,1-2H3,(H,20,23). The van der Waals surface area contributed by atoms with E-state index in [1.54, 1.807) is 0 Å². The number of nitrogens with one attached hydrogen (secondary N) is 1. The summed E-state index contributed by atoms with van der Waals surface area (Å²) < 4.78 is 25.9. The fourth-order valence-electron chi connectivity index (χ4n) is 3.15. The SMILES string of the molecule is CC1CCCN(CCCNC(=O)CN(C)S(=O)(=O)c2ccc(Cl)cc2)C1. The Hall–Kier alpha value is -1.15. The molecular formula is C18H28ClN3O3S. The molecule has 1 aliphatic rings. The third-order valence-corrected chi connectivity index (χ3v) is 6.67. The summed E-state index contributed by atoms with van der Waals surface area (Å²) in [6.07, 6.45) is 3.40. The predicted octanol–water partition coefficient (Wildman–Crippen LogP) is 2.20. The number of nitrogens with zero attached hydrogens (tertiary/aromatic N) is 2. The number of rotatable bonds is 8. The molecule has 2 rings (SSSR count). The highest BCUT2D eigenvalue weighted by molar-refractivity contribution is 7.89. The number of piperidine rings is 1. The number of hydrogen-bond donors (Lipinski definition) is 1. The topological polar surface area (TPSA) is 69.7 Å². The molecule has 26 heavy (non-hydrogen) atoms. The average Bonchev–Trinajstić information content (AvgIpc) is 2.59. The molecule has 1 N–H and O–H groups in total. The summed E-state index contributed by atoms with van der Waals surface area (Å²) in [6.45, 7) is 5.83. The van der Waals surface area contributed by atoms with E-state index in [9.17, 15) is 13.2 Å². The number of sulfonamides is 1. The zero-order chi connectivity index (χ0) is 19.2. The highest BCUT2D eigenvalue weighted by Crippen LogP contribution is 2.17. The summed E-state index contributed by atoms with van der Waals surface area (Å²) in [5.41, 5.74) is 0. The van der Waals surface area contributed by atoms with Crippen LogP contribution in [0.25, 0.3) is 0 Å². The maximum Gasteiger partial charge on any atom is 0.243 e. The highest BCUT2D eigenvalue weighted by atomic mass is 35.5. The maximum absolute atomic E-state index is 12.4. The number of carbonyl (C=O) groups is 1. The van der Waals surface area contributed by atoms with E-state index >= 15 is 0 Å². The maximum atomic E-state index is 12.4. The Morgan fingerprint density at radius 1 is 1.35 bits per heavy atom. The zero-order valence-electron chi connectivity index (χ0n) is 15.4. The van der Waals surface area contributed by atoms with Crippen LogP contribution in [0.3, 0.4) is 0 Å². The molecule has 1 fully saturated rings. The Kier molecular flexibility index (Phi) is 7.88. The normalized spacial score (nSPS) is 18.8. The van der Waals surface area contributed by atoms with Gasteiger partial charge in [0.25, 0.3) is 0 Å². The van der Waals surface area contributed by atoms with Gasteiger partial charge in [0, 0.05) is 25.2 Å². The molecule has 1 unspecified atom stereocenters. The number of amides is 1. The van der Waals surface area contributed by atoms with Gasteiger partial charge < -0.3 is 10.2 Å². The van der Waals surface area contributed by atoms with Gasteiger partial charge in [-0.3, -0.25) is 4.79 Å². The van der Waals surface area contributed by atoms with Crippen LogP contribution in [0.15, 0.2) is 29.2 Å². The van der Waals surface area contributed by atoms with E-state index in [4.69, 9.17) is 11.6 Å². The second kappa shape index (κ2) is 9.69. The van der Waals surface area contributed by atoms with Crippen molar-refractivity contribution in [2.75, 3.05) is 39.8 Å². The van der Waals surface area contributed by atoms with Crippen molar-refractivity contribution in [1.82, 2.24) is 14.5 Å². The van der Waals surface area contributed by atoms with Crippen molar-refractivity contribution in [1.29, 1.82) is 0 Å². The molecule has 1 aliphatic heterocycles. The van der Waals surface area contributed by atoms with Gasteiger partial charge in [-0.1, -0.05) is 18.5 Å². The van der Waals surface area contributed by atoms with E-state index in [1.165, 1.54) is 44.2 Å². The van der Waals surface area contributed by atoms with Crippen LogP contribution in [0.2, 0.25) is 5.02 Å². The first-order valence-electron chi connectivity index (χ1n) is 9.00. The molecule has 0 bridgehead atoms. The van der Waals surface area contributed by atoms with Crippen molar-refractivity contribution < 1.29 is 13.2 Å². The molecule has 8 heteroatoms. The van der Waals surface area contributed by atoms with Gasteiger partial charge in [-0.2, -0.15) is 4.31 Å². The van der Waals surface area contributed by atoms with Crippen LogP contribution in [0.1, 0.15) is 26.2 Å². The molecule has 0 spiro atoms. The van der Waals surface area contributed by atoms with E-state index in [0.29, 0.717) is 11.6 Å². The van der Waals surface area contributed by atoms with Crippen molar-refractivity contribution in [3.05, 3.63) is 29.3 Å². The Balaban J connectivity index is 1.73. The predicted molar refractivity (Wildman–Crippen MR) is 104 cm³/mol. The van der Waals surface area contributed by atoms with E-state index in [1.807, 2.05) is 0 Å². The van der Waals surface area contributed by atoms with Gasteiger partial charge in [0.2, 0.25) is 15.9 Å². The third kappa shape index (κ3) is 6.23. The summed E-state index contributed by atoms with van der Waals surface area (Å²) >= 11 is 5.78. The molecule has 1 atom stereocenters. The van der Waals surface area contributed by atoms with Gasteiger partial charge in [-0.25, -0.2) is 8.42 Å². The Morgan fingerprint density at radius 3 is 2.69 bits per heavy atom. The van der Waals surface area contributed by atoms with Gasteiger partial charge in [0.1, 0.15) is 0 Å². The summed E-state index contributed by atoms with van der Waals surface area (Å²) in [4.78, 5) is 14.6. The van der Waals surface area contributed by atoms with Crippen molar-refractivity contribution >= 4 is 27.5 Å². The first-order valence-corrected chi connectivity index (χ1v) is 10.8. The summed E-state index contributed by atoms with van der Waals surface area (Å²) in [5, 5.41) is 3.27. The van der Waals surface area contributed by atoms with Gasteiger partial charge >= 0.3 is 0 Å². The number of hydrogen-bond acceptors (Lipinski definition) is 4. The molecule has 1 aromatic carbocycles. The molecule has 1 aromatic rings. The van der Waals surface area contributed by atoms with Crippen molar-refractivity contribution in [3.8, 4) is 0 Å². The molecule has 1 saturated heterocycles. The molecule has 0 aliphatic carbocycles. The molecule has 146 valence electrons. The van der Waals surface area contributed by atoms with E-state index in [-0.39, 0.29) is 17.3 Å².